The van der Waals surface area contributed by atoms with Crippen LogP contribution >= 0.6 is 0 Å². The van der Waals surface area contributed by atoms with E-state index in [1.165, 1.54) is 0 Å². The van der Waals surface area contributed by atoms with Gasteiger partial charge in [0.15, 0.2) is 17.4 Å². The van der Waals surface area contributed by atoms with Crippen LogP contribution in [0.1, 0.15) is 30.9 Å². The van der Waals surface area contributed by atoms with Gasteiger partial charge in [-0.1, -0.05) is 18.2 Å². The molecule has 1 fully saturated rings. The number of phenolic OH excluding ortho intramolecular Hbond substituents is 1. The van der Waals surface area contributed by atoms with Crippen LogP contribution in [0, 0.1) is 11.6 Å². The lowest BCUT2D eigenvalue weighted by atomic mass is 9.77. The third-order valence-corrected chi connectivity index (χ3v) is 5.66. The van der Waals surface area contributed by atoms with Gasteiger partial charge < -0.3 is 14.6 Å². The quantitative estimate of drug-likeness (QED) is 0.765. The lowest BCUT2D eigenvalue weighted by Gasteiger charge is -2.45. The van der Waals surface area contributed by atoms with E-state index < -0.39 is 23.0 Å². The van der Waals surface area contributed by atoms with Crippen LogP contribution in [0.2, 0.25) is 0 Å². The molecule has 158 valence electrons. The number of ether oxygens (including phenoxy) is 2. The molecule has 7 heteroatoms. The highest BCUT2D eigenvalue weighted by molar-refractivity contribution is 5.90. The largest absolute Gasteiger partial charge is 0.503 e. The van der Waals surface area contributed by atoms with E-state index in [0.29, 0.717) is 49.4 Å². The molecular formula is C23H23F2NO4. The van der Waals surface area contributed by atoms with E-state index in [0.717, 1.165) is 17.7 Å². The molecule has 0 saturated carbocycles. The maximum Gasteiger partial charge on any atom is 0.320 e. The van der Waals surface area contributed by atoms with Crippen LogP contribution < -0.4 is 4.74 Å². The van der Waals surface area contributed by atoms with Gasteiger partial charge >= 0.3 is 5.97 Å². The molecule has 5 nitrogen and oxygen atoms in total. The molecule has 2 aliphatic rings. The number of carbonyl (C=O) groups is 1. The number of piperidine rings is 1. The Balaban J connectivity index is 1.68. The molecular weight excluding hydrogens is 392 g/mol. The van der Waals surface area contributed by atoms with Gasteiger partial charge in [-0.05, 0) is 36.8 Å². The summed E-state index contributed by atoms with van der Waals surface area (Å²) in [6.45, 7) is 3.44. The van der Waals surface area contributed by atoms with E-state index >= 15 is 0 Å². The van der Waals surface area contributed by atoms with Gasteiger partial charge in [-0.15, -0.1) is 0 Å². The molecule has 0 bridgehead atoms. The van der Waals surface area contributed by atoms with E-state index in [1.54, 1.807) is 6.92 Å². The Morgan fingerprint density at radius 2 is 1.87 bits per heavy atom. The molecule has 2 heterocycles. The van der Waals surface area contributed by atoms with E-state index in [9.17, 15) is 18.7 Å². The summed E-state index contributed by atoms with van der Waals surface area (Å²) in [5.74, 6) is -2.59. The topological polar surface area (TPSA) is 59.0 Å². The molecule has 4 rings (SSSR count). The van der Waals surface area contributed by atoms with Crippen molar-refractivity contribution in [1.29, 1.82) is 0 Å². The van der Waals surface area contributed by atoms with E-state index in [1.807, 2.05) is 35.2 Å². The number of hydrogen-bond donors (Lipinski definition) is 1. The zero-order valence-electron chi connectivity index (χ0n) is 16.7. The Kier molecular flexibility index (Phi) is 5.47. The molecule has 30 heavy (non-hydrogen) atoms. The van der Waals surface area contributed by atoms with Crippen molar-refractivity contribution in [3.05, 3.63) is 59.2 Å². The zero-order chi connectivity index (χ0) is 21.3. The Morgan fingerprint density at radius 1 is 1.20 bits per heavy atom. The SMILES string of the molecule is CCOC(=O)CN1CCC2(CC1)Oc1ccccc1C=C2c1cc(F)c(O)c(F)c1. The first-order valence-corrected chi connectivity index (χ1v) is 9.98. The highest BCUT2D eigenvalue weighted by Crippen LogP contribution is 2.46. The lowest BCUT2D eigenvalue weighted by Crippen LogP contribution is -2.50. The first-order valence-electron chi connectivity index (χ1n) is 9.98. The fourth-order valence-electron chi connectivity index (χ4n) is 4.15. The van der Waals surface area contributed by atoms with Gasteiger partial charge in [0.05, 0.1) is 13.2 Å². The maximum absolute atomic E-state index is 14.1. The average Bonchev–Trinajstić information content (AvgIpc) is 2.73. The number of carbonyl (C=O) groups excluding carboxylic acids is 1. The second kappa shape index (κ2) is 8.07. The Bertz CT molecular complexity index is 973. The van der Waals surface area contributed by atoms with Gasteiger partial charge in [-0.25, -0.2) is 8.78 Å². The third-order valence-electron chi connectivity index (χ3n) is 5.66. The van der Waals surface area contributed by atoms with Crippen LogP contribution in [0.3, 0.4) is 0 Å². The van der Waals surface area contributed by atoms with Gasteiger partial charge in [0, 0.05) is 37.1 Å². The fraction of sp³-hybridized carbons (Fsp3) is 0.348. The summed E-state index contributed by atoms with van der Waals surface area (Å²) >= 11 is 0. The smallest absolute Gasteiger partial charge is 0.320 e. The van der Waals surface area contributed by atoms with Crippen LogP contribution in [-0.2, 0) is 9.53 Å². The van der Waals surface area contributed by atoms with Crippen molar-refractivity contribution in [3.8, 4) is 11.5 Å². The zero-order valence-corrected chi connectivity index (χ0v) is 16.7. The highest BCUT2D eigenvalue weighted by Gasteiger charge is 2.43. The predicted octanol–water partition coefficient (Wildman–Crippen LogP) is 4.00. The number of esters is 1. The van der Waals surface area contributed by atoms with Crippen LogP contribution in [-0.4, -0.2) is 47.8 Å². The molecule has 0 atom stereocenters. The second-order valence-electron chi connectivity index (χ2n) is 7.56. The van der Waals surface area contributed by atoms with Crippen molar-refractivity contribution < 1.29 is 28.2 Å². The summed E-state index contributed by atoms with van der Waals surface area (Å²) in [5.41, 5.74) is 1.03. The summed E-state index contributed by atoms with van der Waals surface area (Å²) < 4.78 is 39.7. The first-order chi connectivity index (χ1) is 14.4. The molecule has 0 radical (unpaired) electrons. The molecule has 1 N–H and O–H groups in total. The van der Waals surface area contributed by atoms with Crippen molar-refractivity contribution in [2.24, 2.45) is 0 Å². The summed E-state index contributed by atoms with van der Waals surface area (Å²) in [7, 11) is 0. The number of rotatable bonds is 4. The minimum atomic E-state index is -1.01. The van der Waals surface area contributed by atoms with Crippen molar-refractivity contribution in [1.82, 2.24) is 4.90 Å². The Morgan fingerprint density at radius 3 is 2.53 bits per heavy atom. The molecule has 0 aromatic heterocycles. The van der Waals surface area contributed by atoms with E-state index in [-0.39, 0.29) is 12.5 Å². The van der Waals surface area contributed by atoms with Crippen LogP contribution in [0.4, 0.5) is 8.78 Å². The average molecular weight is 415 g/mol. The van der Waals surface area contributed by atoms with Gasteiger partial charge in [0.25, 0.3) is 0 Å². The normalized spacial score (nSPS) is 17.8. The van der Waals surface area contributed by atoms with Crippen molar-refractivity contribution in [2.45, 2.75) is 25.4 Å². The van der Waals surface area contributed by atoms with E-state index in [4.69, 9.17) is 9.47 Å². The van der Waals surface area contributed by atoms with Crippen molar-refractivity contribution in [2.75, 3.05) is 26.2 Å². The Hall–Kier alpha value is -2.93. The molecule has 2 aromatic rings. The second-order valence-corrected chi connectivity index (χ2v) is 7.56. The number of fused-ring (bicyclic) bond motifs is 1. The van der Waals surface area contributed by atoms with Crippen molar-refractivity contribution in [3.63, 3.8) is 0 Å². The first kappa shape index (κ1) is 20.3. The number of aromatic hydroxyl groups is 1. The molecule has 1 saturated heterocycles. The van der Waals surface area contributed by atoms with Gasteiger partial charge in [-0.3, -0.25) is 9.69 Å². The lowest BCUT2D eigenvalue weighted by molar-refractivity contribution is -0.145. The Labute approximate surface area is 173 Å². The monoisotopic (exact) mass is 415 g/mol. The summed E-state index contributed by atoms with van der Waals surface area (Å²) in [4.78, 5) is 13.8. The van der Waals surface area contributed by atoms with Gasteiger partial charge in [0.1, 0.15) is 11.4 Å². The number of phenols is 1. The standard InChI is InChI=1S/C23H23F2NO4/c1-2-29-21(27)14-26-9-7-23(8-10-26)17(11-15-5-3-4-6-20(15)30-23)16-12-18(24)22(28)19(25)13-16/h3-6,11-13,28H,2,7-10,14H2,1H3. The number of nitrogens with zero attached hydrogens (tertiary/aromatic N) is 1. The number of likely N-dealkylation sites (tertiary alicyclic amines) is 1. The summed E-state index contributed by atoms with van der Waals surface area (Å²) in [6, 6.07) is 9.76. The van der Waals surface area contributed by atoms with Gasteiger partial charge in [0.2, 0.25) is 0 Å². The fourth-order valence-corrected chi connectivity index (χ4v) is 4.15. The number of hydrogen-bond acceptors (Lipinski definition) is 5. The van der Waals surface area contributed by atoms with Crippen molar-refractivity contribution >= 4 is 17.6 Å². The molecule has 2 aliphatic heterocycles. The number of benzene rings is 2. The minimum Gasteiger partial charge on any atom is -0.503 e. The third kappa shape index (κ3) is 3.77. The number of halogens is 2. The van der Waals surface area contributed by atoms with Crippen LogP contribution in [0.5, 0.6) is 11.5 Å². The van der Waals surface area contributed by atoms with Gasteiger partial charge in [-0.2, -0.15) is 0 Å². The summed E-state index contributed by atoms with van der Waals surface area (Å²) in [6.07, 6.45) is 2.97. The molecule has 2 aromatic carbocycles. The minimum absolute atomic E-state index is 0.196. The molecule has 0 aliphatic carbocycles. The highest BCUT2D eigenvalue weighted by atomic mass is 19.1. The molecule has 0 unspecified atom stereocenters. The number of para-hydroxylation sites is 1. The van der Waals surface area contributed by atoms with Crippen LogP contribution in [0.15, 0.2) is 36.4 Å². The molecule has 0 amide bonds. The van der Waals surface area contributed by atoms with E-state index in [2.05, 4.69) is 0 Å². The van der Waals surface area contributed by atoms with Crippen LogP contribution in [0.25, 0.3) is 11.6 Å². The predicted molar refractivity (Wildman–Crippen MR) is 108 cm³/mol. The maximum atomic E-state index is 14.1. The summed E-state index contributed by atoms with van der Waals surface area (Å²) in [5, 5.41) is 9.50. The molecule has 1 spiro atoms.